The Balaban J connectivity index is 2.13. The SMILES string of the molecule is CC1=NC(c2ccccc2)=NC(C)(c2ccccc2)N1O. The number of amidine groups is 2. The third kappa shape index (κ3) is 2.34. The Bertz CT molecular complexity index is 694. The summed E-state index contributed by atoms with van der Waals surface area (Å²) in [5.74, 6) is 1.15. The van der Waals surface area contributed by atoms with Gasteiger partial charge >= 0.3 is 0 Å². The van der Waals surface area contributed by atoms with Gasteiger partial charge < -0.3 is 0 Å². The first-order chi connectivity index (χ1) is 10.1. The Hall–Kier alpha value is -2.46. The molecule has 1 heterocycles. The van der Waals surface area contributed by atoms with Crippen molar-refractivity contribution in [2.75, 3.05) is 0 Å². The van der Waals surface area contributed by atoms with Crippen molar-refractivity contribution in [2.24, 2.45) is 9.98 Å². The molecule has 0 saturated carbocycles. The van der Waals surface area contributed by atoms with E-state index in [9.17, 15) is 5.21 Å². The lowest BCUT2D eigenvalue weighted by Gasteiger charge is -2.37. The summed E-state index contributed by atoms with van der Waals surface area (Å²) < 4.78 is 0. The van der Waals surface area contributed by atoms with Gasteiger partial charge in [0.05, 0.1) is 0 Å². The molecule has 106 valence electrons. The minimum absolute atomic E-state index is 0.523. The average Bonchev–Trinajstić information content (AvgIpc) is 2.54. The molecular weight excluding hydrogens is 262 g/mol. The van der Waals surface area contributed by atoms with E-state index in [1.807, 2.05) is 67.6 Å². The van der Waals surface area contributed by atoms with E-state index < -0.39 is 5.66 Å². The van der Waals surface area contributed by atoms with E-state index in [0.717, 1.165) is 16.2 Å². The molecule has 4 heteroatoms. The second-order valence-corrected chi connectivity index (χ2v) is 5.16. The number of rotatable bonds is 2. The first kappa shape index (κ1) is 13.5. The van der Waals surface area contributed by atoms with Gasteiger partial charge in [0.25, 0.3) is 0 Å². The average molecular weight is 279 g/mol. The second kappa shape index (κ2) is 5.14. The molecule has 0 aliphatic carbocycles. The van der Waals surface area contributed by atoms with Crippen LogP contribution in [0.1, 0.15) is 25.0 Å². The van der Waals surface area contributed by atoms with Crippen LogP contribution in [-0.4, -0.2) is 21.9 Å². The summed E-state index contributed by atoms with van der Waals surface area (Å²) in [7, 11) is 0. The summed E-state index contributed by atoms with van der Waals surface area (Å²) in [6.45, 7) is 3.66. The molecule has 1 atom stereocenters. The third-order valence-electron chi connectivity index (χ3n) is 3.66. The molecule has 1 N–H and O–H groups in total. The quantitative estimate of drug-likeness (QED) is 0.915. The third-order valence-corrected chi connectivity index (χ3v) is 3.66. The lowest BCUT2D eigenvalue weighted by molar-refractivity contribution is -0.103. The highest BCUT2D eigenvalue weighted by Crippen LogP contribution is 2.32. The van der Waals surface area contributed by atoms with Crippen molar-refractivity contribution in [1.29, 1.82) is 0 Å². The van der Waals surface area contributed by atoms with E-state index in [0.29, 0.717) is 11.7 Å². The molecule has 4 nitrogen and oxygen atoms in total. The fourth-order valence-electron chi connectivity index (χ4n) is 2.45. The first-order valence-electron chi connectivity index (χ1n) is 6.86. The van der Waals surface area contributed by atoms with Crippen LogP contribution in [0, 0.1) is 0 Å². The lowest BCUT2D eigenvalue weighted by atomic mass is 10.00. The van der Waals surface area contributed by atoms with Crippen LogP contribution < -0.4 is 0 Å². The molecular formula is C17H17N3O. The molecule has 1 aliphatic heterocycles. The van der Waals surface area contributed by atoms with E-state index >= 15 is 0 Å². The Morgan fingerprint density at radius 3 is 2.14 bits per heavy atom. The van der Waals surface area contributed by atoms with Crippen molar-refractivity contribution in [3.63, 3.8) is 0 Å². The normalized spacial score (nSPS) is 21.8. The van der Waals surface area contributed by atoms with E-state index in [-0.39, 0.29) is 0 Å². The van der Waals surface area contributed by atoms with E-state index in [1.54, 1.807) is 6.92 Å². The monoisotopic (exact) mass is 279 g/mol. The van der Waals surface area contributed by atoms with Crippen molar-refractivity contribution < 1.29 is 5.21 Å². The molecule has 0 spiro atoms. The number of hydrogen-bond donors (Lipinski definition) is 1. The Labute approximate surface area is 124 Å². The van der Waals surface area contributed by atoms with Gasteiger partial charge in [-0.15, -0.1) is 0 Å². The van der Waals surface area contributed by atoms with Crippen LogP contribution in [0.25, 0.3) is 0 Å². The van der Waals surface area contributed by atoms with Gasteiger partial charge in [0.2, 0.25) is 0 Å². The van der Waals surface area contributed by atoms with Crippen molar-refractivity contribution in [1.82, 2.24) is 5.06 Å². The van der Waals surface area contributed by atoms with Gasteiger partial charge in [0.1, 0.15) is 5.84 Å². The fraction of sp³-hybridized carbons (Fsp3) is 0.176. The summed E-state index contributed by atoms with van der Waals surface area (Å²) in [5.41, 5.74) is 0.973. The Morgan fingerprint density at radius 1 is 0.952 bits per heavy atom. The van der Waals surface area contributed by atoms with Crippen molar-refractivity contribution >= 4 is 11.7 Å². The molecule has 0 bridgehead atoms. The minimum atomic E-state index is -0.877. The topological polar surface area (TPSA) is 48.2 Å². The highest BCUT2D eigenvalue weighted by atomic mass is 16.5. The smallest absolute Gasteiger partial charge is 0.182 e. The van der Waals surface area contributed by atoms with Crippen LogP contribution >= 0.6 is 0 Å². The minimum Gasteiger partial charge on any atom is -0.285 e. The Kier molecular flexibility index (Phi) is 3.31. The predicted molar refractivity (Wildman–Crippen MR) is 83.5 cm³/mol. The van der Waals surface area contributed by atoms with Gasteiger partial charge in [-0.05, 0) is 13.8 Å². The van der Waals surface area contributed by atoms with Crippen molar-refractivity contribution in [2.45, 2.75) is 19.5 Å². The van der Waals surface area contributed by atoms with Crippen LogP contribution in [-0.2, 0) is 5.66 Å². The molecule has 1 unspecified atom stereocenters. The molecule has 2 aromatic carbocycles. The molecule has 0 radical (unpaired) electrons. The maximum Gasteiger partial charge on any atom is 0.182 e. The fourth-order valence-corrected chi connectivity index (χ4v) is 2.45. The summed E-state index contributed by atoms with van der Waals surface area (Å²) >= 11 is 0. The summed E-state index contributed by atoms with van der Waals surface area (Å²) in [6.07, 6.45) is 0. The molecule has 1 aliphatic rings. The first-order valence-corrected chi connectivity index (χ1v) is 6.86. The van der Waals surface area contributed by atoms with Gasteiger partial charge in [-0.3, -0.25) is 5.21 Å². The Morgan fingerprint density at radius 2 is 1.52 bits per heavy atom. The number of hydroxylamine groups is 2. The van der Waals surface area contributed by atoms with Gasteiger partial charge in [-0.2, -0.15) is 0 Å². The molecule has 0 saturated heterocycles. The zero-order valence-corrected chi connectivity index (χ0v) is 12.1. The zero-order valence-electron chi connectivity index (χ0n) is 12.1. The summed E-state index contributed by atoms with van der Waals surface area (Å²) in [6, 6.07) is 19.5. The number of hydrogen-bond acceptors (Lipinski definition) is 4. The molecule has 0 fully saturated rings. The molecule has 21 heavy (non-hydrogen) atoms. The predicted octanol–water partition coefficient (Wildman–Crippen LogP) is 3.43. The van der Waals surface area contributed by atoms with Crippen LogP contribution in [0.5, 0.6) is 0 Å². The van der Waals surface area contributed by atoms with Gasteiger partial charge in [-0.1, -0.05) is 60.7 Å². The largest absolute Gasteiger partial charge is 0.285 e. The lowest BCUT2D eigenvalue weighted by Crippen LogP contribution is -2.46. The van der Waals surface area contributed by atoms with Gasteiger partial charge in [0, 0.05) is 11.1 Å². The number of benzene rings is 2. The van der Waals surface area contributed by atoms with E-state index in [4.69, 9.17) is 4.99 Å². The van der Waals surface area contributed by atoms with Crippen LogP contribution in [0.2, 0.25) is 0 Å². The number of aliphatic imine (C=N–C) groups is 2. The molecule has 3 rings (SSSR count). The van der Waals surface area contributed by atoms with Gasteiger partial charge in [-0.25, -0.2) is 15.0 Å². The van der Waals surface area contributed by atoms with Gasteiger partial charge in [0.15, 0.2) is 11.5 Å². The standard InChI is InChI=1S/C17H17N3O/c1-13-18-16(14-9-5-3-6-10-14)19-17(2,20(13)21)15-11-7-4-8-12-15/h3-12,21H,1-2H3. The zero-order chi connectivity index (χ0) is 14.9. The highest BCUT2D eigenvalue weighted by Gasteiger charge is 2.37. The summed E-state index contributed by atoms with van der Waals surface area (Å²) in [4.78, 5) is 9.09. The van der Waals surface area contributed by atoms with Crippen LogP contribution in [0.4, 0.5) is 0 Å². The maximum absolute atomic E-state index is 10.4. The molecule has 2 aromatic rings. The number of nitrogens with zero attached hydrogens (tertiary/aromatic N) is 3. The maximum atomic E-state index is 10.4. The van der Waals surface area contributed by atoms with Crippen LogP contribution in [0.15, 0.2) is 70.6 Å². The van der Waals surface area contributed by atoms with Crippen molar-refractivity contribution in [3.8, 4) is 0 Å². The van der Waals surface area contributed by atoms with E-state index in [2.05, 4.69) is 4.99 Å². The van der Waals surface area contributed by atoms with Crippen LogP contribution in [0.3, 0.4) is 0 Å². The summed E-state index contributed by atoms with van der Waals surface area (Å²) in [5, 5.41) is 11.5. The molecule has 0 aromatic heterocycles. The molecule has 0 amide bonds. The van der Waals surface area contributed by atoms with E-state index in [1.165, 1.54) is 0 Å². The second-order valence-electron chi connectivity index (χ2n) is 5.16. The highest BCUT2D eigenvalue weighted by molar-refractivity contribution is 6.07. The van der Waals surface area contributed by atoms with Crippen molar-refractivity contribution in [3.05, 3.63) is 71.8 Å².